The molecule has 1 aromatic carbocycles. The van der Waals surface area contributed by atoms with Crippen LogP contribution >= 0.6 is 0 Å². The Labute approximate surface area is 145 Å². The molecule has 1 unspecified atom stereocenters. The molecule has 2 aromatic heterocycles. The van der Waals surface area contributed by atoms with Gasteiger partial charge in [-0.3, -0.25) is 5.10 Å². The number of ether oxygens (including phenoxy) is 1. The van der Waals surface area contributed by atoms with Crippen LogP contribution in [0.1, 0.15) is 17.5 Å². The summed E-state index contributed by atoms with van der Waals surface area (Å²) >= 11 is 0. The molecule has 2 heterocycles. The lowest BCUT2D eigenvalue weighted by molar-refractivity contribution is 0.413. The smallest absolute Gasteiger partial charge is 0.240 e. The highest BCUT2D eigenvalue weighted by molar-refractivity contribution is 7.89. The first-order valence-corrected chi connectivity index (χ1v) is 9.51. The summed E-state index contributed by atoms with van der Waals surface area (Å²) in [4.78, 5) is 4.56. The van der Waals surface area contributed by atoms with E-state index in [9.17, 15) is 8.42 Å². The third-order valence-corrected chi connectivity index (χ3v) is 6.08. The molecular weight excluding hydrogens is 340 g/mol. The number of benzene rings is 1. The fourth-order valence-corrected chi connectivity index (χ4v) is 4.61. The zero-order chi connectivity index (χ0) is 17.4. The molecule has 1 aliphatic rings. The molecule has 130 valence electrons. The molecule has 0 fully saturated rings. The van der Waals surface area contributed by atoms with Crippen molar-refractivity contribution in [3.05, 3.63) is 47.8 Å². The van der Waals surface area contributed by atoms with Crippen LogP contribution in [0.4, 0.5) is 0 Å². The van der Waals surface area contributed by atoms with E-state index in [0.717, 1.165) is 29.4 Å². The summed E-state index contributed by atoms with van der Waals surface area (Å²) < 4.78 is 33.2. The number of methoxy groups -OCH3 is 1. The Morgan fingerprint density at radius 1 is 1.32 bits per heavy atom. The zero-order valence-corrected chi connectivity index (χ0v) is 14.5. The number of nitrogens with zero attached hydrogens (tertiary/aromatic N) is 2. The van der Waals surface area contributed by atoms with Crippen molar-refractivity contribution in [2.75, 3.05) is 7.11 Å². The van der Waals surface area contributed by atoms with Gasteiger partial charge >= 0.3 is 0 Å². The number of H-pyrrole nitrogens is 1. The van der Waals surface area contributed by atoms with Crippen LogP contribution in [-0.2, 0) is 22.9 Å². The monoisotopic (exact) mass is 358 g/mol. The number of rotatable bonds is 4. The van der Waals surface area contributed by atoms with Crippen LogP contribution < -0.4 is 9.46 Å². The van der Waals surface area contributed by atoms with E-state index in [1.165, 1.54) is 18.7 Å². The van der Waals surface area contributed by atoms with Crippen molar-refractivity contribution in [2.45, 2.75) is 30.2 Å². The lowest BCUT2D eigenvalue weighted by atomic mass is 9.88. The maximum atomic E-state index is 12.7. The quantitative estimate of drug-likeness (QED) is 0.741. The Morgan fingerprint density at radius 2 is 2.20 bits per heavy atom. The summed E-state index contributed by atoms with van der Waals surface area (Å²) in [7, 11) is -2.08. The molecular formula is C17H18N4O3S. The second-order valence-corrected chi connectivity index (χ2v) is 7.85. The lowest BCUT2D eigenvalue weighted by Crippen LogP contribution is -2.38. The summed E-state index contributed by atoms with van der Waals surface area (Å²) in [6, 6.07) is 6.32. The molecule has 0 aliphatic heterocycles. The van der Waals surface area contributed by atoms with Crippen molar-refractivity contribution < 1.29 is 13.2 Å². The van der Waals surface area contributed by atoms with Gasteiger partial charge < -0.3 is 4.74 Å². The second-order valence-electron chi connectivity index (χ2n) is 6.13. The van der Waals surface area contributed by atoms with Crippen molar-refractivity contribution >= 4 is 21.1 Å². The normalized spacial score (nSPS) is 17.4. The van der Waals surface area contributed by atoms with Gasteiger partial charge in [-0.2, -0.15) is 5.10 Å². The minimum atomic E-state index is -3.60. The minimum absolute atomic E-state index is 0.158. The van der Waals surface area contributed by atoms with Crippen molar-refractivity contribution in [1.82, 2.24) is 19.9 Å². The Kier molecular flexibility index (Phi) is 3.93. The number of fused-ring (bicyclic) bond motifs is 3. The number of hydrogen-bond acceptors (Lipinski definition) is 5. The van der Waals surface area contributed by atoms with Gasteiger partial charge in [0.2, 0.25) is 10.0 Å². The van der Waals surface area contributed by atoms with Crippen LogP contribution in [-0.4, -0.2) is 36.8 Å². The second kappa shape index (κ2) is 6.12. The molecule has 0 bridgehead atoms. The number of aromatic nitrogens is 3. The fraction of sp³-hybridized carbons (Fsp3) is 0.294. The SMILES string of the molecule is COc1cccc(S(=O)(=O)NC2CCc3c(cnc4[nH]ncc34)C2)c1. The Hall–Kier alpha value is -2.45. The van der Waals surface area contributed by atoms with Gasteiger partial charge in [0.05, 0.1) is 18.2 Å². The summed E-state index contributed by atoms with van der Waals surface area (Å²) in [5.41, 5.74) is 3.04. The van der Waals surface area contributed by atoms with Crippen LogP contribution in [0.25, 0.3) is 11.0 Å². The fourth-order valence-electron chi connectivity index (χ4n) is 3.31. The highest BCUT2D eigenvalue weighted by Crippen LogP contribution is 2.27. The standard InChI is InChI=1S/C17H18N4O3S/c1-24-13-3-2-4-14(8-13)25(22,23)21-12-5-6-15-11(7-12)9-18-17-16(15)10-19-20-17/h2-4,8-10,12,21H,5-7H2,1H3,(H,18,19,20). The van der Waals surface area contributed by atoms with E-state index in [0.29, 0.717) is 12.2 Å². The van der Waals surface area contributed by atoms with Crippen LogP contribution in [0.2, 0.25) is 0 Å². The molecule has 0 saturated heterocycles. The lowest BCUT2D eigenvalue weighted by Gasteiger charge is -2.25. The number of nitrogens with one attached hydrogen (secondary N) is 2. The molecule has 7 nitrogen and oxygen atoms in total. The van der Waals surface area contributed by atoms with Crippen LogP contribution in [0, 0.1) is 0 Å². The van der Waals surface area contributed by atoms with E-state index in [4.69, 9.17) is 4.74 Å². The van der Waals surface area contributed by atoms with Gasteiger partial charge in [0.15, 0.2) is 5.65 Å². The molecule has 0 spiro atoms. The van der Waals surface area contributed by atoms with Gasteiger partial charge in [-0.15, -0.1) is 0 Å². The first-order chi connectivity index (χ1) is 12.1. The van der Waals surface area contributed by atoms with E-state index < -0.39 is 10.0 Å². The van der Waals surface area contributed by atoms with Gasteiger partial charge in [-0.1, -0.05) is 6.07 Å². The number of pyridine rings is 1. The van der Waals surface area contributed by atoms with Crippen LogP contribution in [0.3, 0.4) is 0 Å². The molecule has 3 aromatic rings. The molecule has 25 heavy (non-hydrogen) atoms. The van der Waals surface area contributed by atoms with E-state index >= 15 is 0 Å². The molecule has 4 rings (SSSR count). The van der Waals surface area contributed by atoms with Crippen molar-refractivity contribution in [3.8, 4) is 5.75 Å². The molecule has 0 radical (unpaired) electrons. The number of aryl methyl sites for hydroxylation is 1. The predicted molar refractivity (Wildman–Crippen MR) is 93.0 cm³/mol. The maximum absolute atomic E-state index is 12.7. The Morgan fingerprint density at radius 3 is 3.04 bits per heavy atom. The van der Waals surface area contributed by atoms with Gasteiger partial charge in [0, 0.05) is 23.7 Å². The molecule has 1 atom stereocenters. The van der Waals surface area contributed by atoms with Gasteiger partial charge in [-0.05, 0) is 42.5 Å². The van der Waals surface area contributed by atoms with Crippen LogP contribution in [0.15, 0.2) is 41.6 Å². The topological polar surface area (TPSA) is 97.0 Å². The Bertz CT molecular complexity index is 1030. The molecule has 0 saturated carbocycles. The van der Waals surface area contributed by atoms with Gasteiger partial charge in [0.1, 0.15) is 5.75 Å². The van der Waals surface area contributed by atoms with Crippen LogP contribution in [0.5, 0.6) is 5.75 Å². The van der Waals surface area contributed by atoms with E-state index in [2.05, 4.69) is 19.9 Å². The predicted octanol–water partition coefficient (Wildman–Crippen LogP) is 1.80. The number of aromatic amines is 1. The summed E-state index contributed by atoms with van der Waals surface area (Å²) in [5, 5.41) is 7.92. The maximum Gasteiger partial charge on any atom is 0.240 e. The van der Waals surface area contributed by atoms with Crippen molar-refractivity contribution in [2.24, 2.45) is 0 Å². The first kappa shape index (κ1) is 16.0. The third kappa shape index (κ3) is 2.98. The average molecular weight is 358 g/mol. The highest BCUT2D eigenvalue weighted by atomic mass is 32.2. The van der Waals surface area contributed by atoms with Gasteiger partial charge in [0.25, 0.3) is 0 Å². The van der Waals surface area contributed by atoms with E-state index in [1.54, 1.807) is 24.4 Å². The van der Waals surface area contributed by atoms with Gasteiger partial charge in [-0.25, -0.2) is 18.1 Å². The third-order valence-electron chi connectivity index (χ3n) is 4.56. The summed E-state index contributed by atoms with van der Waals surface area (Å²) in [6.45, 7) is 0. The molecule has 8 heteroatoms. The number of sulfonamides is 1. The highest BCUT2D eigenvalue weighted by Gasteiger charge is 2.26. The molecule has 2 N–H and O–H groups in total. The van der Waals surface area contributed by atoms with E-state index in [1.807, 2.05) is 6.20 Å². The molecule has 1 aliphatic carbocycles. The minimum Gasteiger partial charge on any atom is -0.497 e. The van der Waals surface area contributed by atoms with Crippen molar-refractivity contribution in [3.63, 3.8) is 0 Å². The first-order valence-electron chi connectivity index (χ1n) is 8.03. The zero-order valence-electron chi connectivity index (χ0n) is 13.7. The summed E-state index contributed by atoms with van der Waals surface area (Å²) in [5.74, 6) is 0.517. The average Bonchev–Trinajstić information content (AvgIpc) is 3.10. The largest absolute Gasteiger partial charge is 0.497 e. The number of hydrogen-bond donors (Lipinski definition) is 2. The van der Waals surface area contributed by atoms with E-state index in [-0.39, 0.29) is 10.9 Å². The Balaban J connectivity index is 1.57. The molecule has 0 amide bonds. The summed E-state index contributed by atoms with van der Waals surface area (Å²) in [6.07, 6.45) is 5.73. The van der Waals surface area contributed by atoms with Crippen molar-refractivity contribution in [1.29, 1.82) is 0 Å².